The van der Waals surface area contributed by atoms with Crippen molar-refractivity contribution < 1.29 is 9.59 Å². The average molecular weight is 431 g/mol. The third-order valence-corrected chi connectivity index (χ3v) is 6.68. The molecule has 0 spiro atoms. The number of rotatable bonds is 4. The van der Waals surface area contributed by atoms with Gasteiger partial charge >= 0.3 is 0 Å². The van der Waals surface area contributed by atoms with Crippen LogP contribution in [-0.2, 0) is 11.2 Å². The van der Waals surface area contributed by atoms with Crippen molar-refractivity contribution in [2.75, 3.05) is 0 Å². The first-order chi connectivity index (χ1) is 13.5. The molecular weight excluding hydrogens is 416 g/mol. The lowest BCUT2D eigenvalue weighted by Crippen LogP contribution is -2.42. The predicted molar refractivity (Wildman–Crippen MR) is 113 cm³/mol. The number of hydrogen-bond acceptors (Lipinski definition) is 5. The van der Waals surface area contributed by atoms with Gasteiger partial charge in [-0.25, -0.2) is 4.98 Å². The summed E-state index contributed by atoms with van der Waals surface area (Å²) in [5, 5.41) is 1.71. The maximum Gasteiger partial charge on any atom is 0.281 e. The number of aromatic amines is 1. The van der Waals surface area contributed by atoms with E-state index in [9.17, 15) is 9.59 Å². The largest absolute Gasteiger partial charge is 0.361 e. The third-order valence-electron chi connectivity index (χ3n) is 4.13. The summed E-state index contributed by atoms with van der Waals surface area (Å²) in [5.74, 6) is -0.693. The summed E-state index contributed by atoms with van der Waals surface area (Å²) in [6.07, 6.45) is 1.96. The topological polar surface area (TPSA) is 86.9 Å². The van der Waals surface area contributed by atoms with Gasteiger partial charge in [0.25, 0.3) is 5.91 Å². The molecule has 0 saturated carbocycles. The van der Waals surface area contributed by atoms with Crippen molar-refractivity contribution in [3.05, 3.63) is 63.1 Å². The highest BCUT2D eigenvalue weighted by Crippen LogP contribution is 2.34. The molecule has 6 nitrogen and oxygen atoms in total. The van der Waals surface area contributed by atoms with Crippen LogP contribution in [0.5, 0.6) is 0 Å². The highest BCUT2D eigenvalue weighted by Gasteiger charge is 2.18. The van der Waals surface area contributed by atoms with E-state index < -0.39 is 5.91 Å². The molecule has 3 N–H and O–H groups in total. The molecule has 0 atom stereocenters. The molecule has 4 aromatic rings. The van der Waals surface area contributed by atoms with E-state index in [0.717, 1.165) is 26.4 Å². The van der Waals surface area contributed by atoms with Gasteiger partial charge in [-0.05, 0) is 30.7 Å². The van der Waals surface area contributed by atoms with Gasteiger partial charge in [0.1, 0.15) is 9.88 Å². The highest BCUT2D eigenvalue weighted by molar-refractivity contribution is 7.24. The summed E-state index contributed by atoms with van der Waals surface area (Å²) in [7, 11) is 0. The summed E-state index contributed by atoms with van der Waals surface area (Å²) in [4.78, 5) is 33.6. The number of fused-ring (bicyclic) bond motifs is 1. The first kappa shape index (κ1) is 18.7. The minimum absolute atomic E-state index is 0.158. The Morgan fingerprint density at radius 3 is 2.75 bits per heavy atom. The number of carbonyl (C=O) groups is 2. The Morgan fingerprint density at radius 1 is 1.14 bits per heavy atom. The Labute approximate surface area is 173 Å². The molecule has 0 aliphatic heterocycles. The number of H-pyrrole nitrogens is 1. The Hall–Kier alpha value is -2.68. The molecule has 0 saturated heterocycles. The molecule has 28 heavy (non-hydrogen) atoms. The van der Waals surface area contributed by atoms with E-state index in [1.807, 2.05) is 30.3 Å². The molecule has 0 unspecified atom stereocenters. The van der Waals surface area contributed by atoms with Gasteiger partial charge in [-0.15, -0.1) is 22.7 Å². The second-order valence-corrected chi connectivity index (χ2v) is 8.79. The van der Waals surface area contributed by atoms with E-state index in [1.54, 1.807) is 19.2 Å². The van der Waals surface area contributed by atoms with Crippen molar-refractivity contribution in [3.8, 4) is 9.88 Å². The zero-order valence-corrected chi connectivity index (χ0v) is 17.1. The summed E-state index contributed by atoms with van der Waals surface area (Å²) in [6, 6.07) is 11.4. The molecule has 0 radical (unpaired) electrons. The predicted octanol–water partition coefficient (Wildman–Crippen LogP) is 4.32. The normalized spacial score (nSPS) is 10.9. The number of thiazole rings is 1. The lowest BCUT2D eigenvalue weighted by atomic mass is 10.1. The summed E-state index contributed by atoms with van der Waals surface area (Å²) >= 11 is 8.63. The number of halogens is 1. The first-order valence-electron chi connectivity index (χ1n) is 8.38. The molecule has 9 heteroatoms. The van der Waals surface area contributed by atoms with Crippen LogP contribution >= 0.6 is 34.3 Å². The van der Waals surface area contributed by atoms with Gasteiger partial charge < -0.3 is 4.98 Å². The van der Waals surface area contributed by atoms with Crippen LogP contribution in [0.3, 0.4) is 0 Å². The van der Waals surface area contributed by atoms with Crippen LogP contribution < -0.4 is 10.9 Å². The van der Waals surface area contributed by atoms with Gasteiger partial charge in [0.2, 0.25) is 5.91 Å². The summed E-state index contributed by atoms with van der Waals surface area (Å²) in [6.45, 7) is 1.76. The fourth-order valence-electron chi connectivity index (χ4n) is 2.82. The number of para-hydroxylation sites is 1. The van der Waals surface area contributed by atoms with Gasteiger partial charge in [0.05, 0.1) is 21.3 Å². The van der Waals surface area contributed by atoms with Crippen molar-refractivity contribution in [2.24, 2.45) is 0 Å². The molecule has 142 valence electrons. The van der Waals surface area contributed by atoms with E-state index >= 15 is 0 Å². The fraction of sp³-hybridized carbons (Fsp3) is 0.105. The number of carbonyl (C=O) groups excluding carboxylic acids is 2. The monoisotopic (exact) mass is 430 g/mol. The SMILES string of the molecule is Cc1nc(-c2ccc(Cl)s2)sc1C(=O)NNC(=O)Cc1c[nH]c2ccccc12. The van der Waals surface area contributed by atoms with Crippen molar-refractivity contribution in [1.29, 1.82) is 0 Å². The average Bonchev–Trinajstić information content (AvgIpc) is 3.39. The van der Waals surface area contributed by atoms with E-state index in [0.29, 0.717) is 14.9 Å². The first-order valence-corrected chi connectivity index (χ1v) is 10.4. The van der Waals surface area contributed by atoms with Gasteiger partial charge in [-0.3, -0.25) is 20.4 Å². The quantitative estimate of drug-likeness (QED) is 0.421. The van der Waals surface area contributed by atoms with E-state index in [2.05, 4.69) is 20.8 Å². The summed E-state index contributed by atoms with van der Waals surface area (Å²) < 4.78 is 0.665. The zero-order chi connectivity index (χ0) is 19.7. The molecule has 0 aliphatic carbocycles. The van der Waals surface area contributed by atoms with Crippen LogP contribution in [0, 0.1) is 6.92 Å². The molecule has 1 aromatic carbocycles. The molecule has 0 aliphatic rings. The molecule has 4 rings (SSSR count). The van der Waals surface area contributed by atoms with Crippen LogP contribution in [0.4, 0.5) is 0 Å². The maximum absolute atomic E-state index is 12.5. The van der Waals surface area contributed by atoms with E-state index in [4.69, 9.17) is 11.6 Å². The number of hydrazine groups is 1. The molecule has 3 aromatic heterocycles. The molecule has 2 amide bonds. The van der Waals surface area contributed by atoms with Gasteiger partial charge in [0.15, 0.2) is 0 Å². The Balaban J connectivity index is 1.40. The fourth-order valence-corrected chi connectivity index (χ4v) is 4.88. The minimum Gasteiger partial charge on any atom is -0.361 e. The Morgan fingerprint density at radius 2 is 1.96 bits per heavy atom. The van der Waals surface area contributed by atoms with E-state index in [1.165, 1.54) is 22.7 Å². The van der Waals surface area contributed by atoms with Crippen LogP contribution in [0.25, 0.3) is 20.8 Å². The number of aromatic nitrogens is 2. The minimum atomic E-state index is -0.392. The number of amides is 2. The van der Waals surface area contributed by atoms with Gasteiger partial charge in [0, 0.05) is 17.1 Å². The van der Waals surface area contributed by atoms with Gasteiger partial charge in [-0.1, -0.05) is 29.8 Å². The second kappa shape index (κ2) is 7.75. The Bertz CT molecular complexity index is 1180. The van der Waals surface area contributed by atoms with Gasteiger partial charge in [-0.2, -0.15) is 0 Å². The lowest BCUT2D eigenvalue weighted by molar-refractivity contribution is -0.121. The molecule has 3 heterocycles. The second-order valence-electron chi connectivity index (χ2n) is 6.08. The number of aryl methyl sites for hydroxylation is 1. The van der Waals surface area contributed by atoms with Crippen LogP contribution in [0.1, 0.15) is 20.9 Å². The van der Waals surface area contributed by atoms with Crippen molar-refractivity contribution in [1.82, 2.24) is 20.8 Å². The number of thiophene rings is 1. The standard InChI is InChI=1S/C19H15ClN4O2S2/c1-10-17(28-19(22-10)14-6-7-15(20)27-14)18(26)24-23-16(25)8-11-9-21-13-5-3-2-4-12(11)13/h2-7,9,21H,8H2,1H3,(H,23,25)(H,24,26). The van der Waals surface area contributed by atoms with E-state index in [-0.39, 0.29) is 12.3 Å². The lowest BCUT2D eigenvalue weighted by Gasteiger charge is -2.06. The molecular formula is C19H15ClN4O2S2. The number of hydrogen-bond donors (Lipinski definition) is 3. The third kappa shape index (κ3) is 3.80. The number of nitrogens with zero attached hydrogens (tertiary/aromatic N) is 1. The van der Waals surface area contributed by atoms with Crippen molar-refractivity contribution in [2.45, 2.75) is 13.3 Å². The highest BCUT2D eigenvalue weighted by atomic mass is 35.5. The van der Waals surface area contributed by atoms with Crippen molar-refractivity contribution >= 4 is 57.0 Å². The number of benzene rings is 1. The maximum atomic E-state index is 12.5. The smallest absolute Gasteiger partial charge is 0.281 e. The molecule has 0 fully saturated rings. The van der Waals surface area contributed by atoms with Crippen LogP contribution in [-0.4, -0.2) is 21.8 Å². The summed E-state index contributed by atoms with van der Waals surface area (Å²) in [5.41, 5.74) is 7.38. The van der Waals surface area contributed by atoms with Crippen molar-refractivity contribution in [3.63, 3.8) is 0 Å². The zero-order valence-electron chi connectivity index (χ0n) is 14.7. The Kier molecular flexibility index (Phi) is 5.17. The number of nitrogens with one attached hydrogen (secondary N) is 3. The molecule has 0 bridgehead atoms. The van der Waals surface area contributed by atoms with Crippen LogP contribution in [0.15, 0.2) is 42.6 Å². The van der Waals surface area contributed by atoms with Crippen LogP contribution in [0.2, 0.25) is 4.34 Å².